The van der Waals surface area contributed by atoms with Gasteiger partial charge in [0.15, 0.2) is 5.60 Å². The quantitative estimate of drug-likeness (QED) is 0.320. The molecule has 2 unspecified atom stereocenters. The number of carboxylic acids is 3. The second-order valence-corrected chi connectivity index (χ2v) is 10.0. The molecule has 1 aromatic carbocycles. The molecule has 5 N–H and O–H groups in total. The van der Waals surface area contributed by atoms with Gasteiger partial charge in [-0.15, -0.1) is 0 Å². The largest absolute Gasteiger partial charge is 0.481 e. The lowest BCUT2D eigenvalue weighted by molar-refractivity contribution is -0.170. The van der Waals surface area contributed by atoms with Gasteiger partial charge in [-0.2, -0.15) is 5.10 Å². The van der Waals surface area contributed by atoms with Gasteiger partial charge in [0, 0.05) is 42.0 Å². The predicted molar refractivity (Wildman–Crippen MR) is 132 cm³/mol. The summed E-state index contributed by atoms with van der Waals surface area (Å²) in [5.74, 6) is -5.31. The number of rotatable bonds is 9. The zero-order valence-electron chi connectivity index (χ0n) is 21.4. The van der Waals surface area contributed by atoms with Gasteiger partial charge in [-0.1, -0.05) is 18.2 Å². The van der Waals surface area contributed by atoms with E-state index in [1.807, 2.05) is 16.9 Å². The fraction of sp³-hybridized carbons (Fsp3) is 0.538. The van der Waals surface area contributed by atoms with Crippen molar-refractivity contribution in [2.24, 2.45) is 0 Å². The van der Waals surface area contributed by atoms with Crippen LogP contribution in [-0.2, 0) is 33.1 Å². The second-order valence-electron chi connectivity index (χ2n) is 10.0. The van der Waals surface area contributed by atoms with E-state index in [2.05, 4.69) is 23.8 Å². The molecule has 2 aliphatic heterocycles. The Kier molecular flexibility index (Phi) is 8.90. The third-order valence-corrected chi connectivity index (χ3v) is 7.44. The van der Waals surface area contributed by atoms with Gasteiger partial charge in [0.2, 0.25) is 0 Å². The number of aromatic nitrogens is 2. The van der Waals surface area contributed by atoms with Crippen LogP contribution in [0.2, 0.25) is 0 Å². The highest BCUT2D eigenvalue weighted by Gasteiger charge is 2.49. The van der Waals surface area contributed by atoms with E-state index >= 15 is 0 Å². The van der Waals surface area contributed by atoms with Gasteiger partial charge in [0.1, 0.15) is 5.82 Å². The van der Waals surface area contributed by atoms with Crippen molar-refractivity contribution in [1.29, 1.82) is 0 Å². The molecule has 0 aliphatic carbocycles. The van der Waals surface area contributed by atoms with E-state index in [0.717, 1.165) is 25.9 Å². The SMILES string of the molecule is CCn1ncc(CN2C3CCC2CC(O)(c2ccccc2F)C3)c1C.O=C(O)CC(O)(CC(=O)O)C(=O)O. The number of piperidine rings is 1. The molecule has 2 saturated heterocycles. The van der Waals surface area contributed by atoms with Crippen molar-refractivity contribution in [3.63, 3.8) is 0 Å². The van der Waals surface area contributed by atoms with Crippen molar-refractivity contribution < 1.29 is 44.3 Å². The molecule has 0 radical (unpaired) electrons. The minimum Gasteiger partial charge on any atom is -0.481 e. The Morgan fingerprint density at radius 3 is 2.08 bits per heavy atom. The summed E-state index contributed by atoms with van der Waals surface area (Å²) in [4.78, 5) is 33.0. The van der Waals surface area contributed by atoms with Crippen LogP contribution in [0.3, 0.4) is 0 Å². The summed E-state index contributed by atoms with van der Waals surface area (Å²) in [5.41, 5.74) is -0.845. The molecule has 2 aromatic rings. The number of fused-ring (bicyclic) bond motifs is 2. The van der Waals surface area contributed by atoms with Crippen molar-refractivity contribution in [2.75, 3.05) is 0 Å². The molecule has 0 spiro atoms. The van der Waals surface area contributed by atoms with Crippen LogP contribution in [0.15, 0.2) is 30.5 Å². The van der Waals surface area contributed by atoms with Crippen molar-refractivity contribution in [1.82, 2.24) is 14.7 Å². The average molecular weight is 536 g/mol. The van der Waals surface area contributed by atoms with Gasteiger partial charge in [0.25, 0.3) is 0 Å². The van der Waals surface area contributed by atoms with E-state index in [1.165, 1.54) is 17.3 Å². The Morgan fingerprint density at radius 2 is 1.63 bits per heavy atom. The molecule has 3 heterocycles. The summed E-state index contributed by atoms with van der Waals surface area (Å²) >= 11 is 0. The van der Waals surface area contributed by atoms with Crippen LogP contribution < -0.4 is 0 Å². The maximum Gasteiger partial charge on any atom is 0.336 e. The van der Waals surface area contributed by atoms with Crippen LogP contribution >= 0.6 is 0 Å². The molecule has 2 bridgehead atoms. The predicted octanol–water partition coefficient (Wildman–Crippen LogP) is 2.12. The zero-order chi connectivity index (χ0) is 28.3. The Hall–Kier alpha value is -3.35. The number of carboxylic acid groups (broad SMARTS) is 3. The first kappa shape index (κ1) is 29.2. The number of benzene rings is 1. The highest BCUT2D eigenvalue weighted by Crippen LogP contribution is 2.46. The Balaban J connectivity index is 0.000000263. The number of halogens is 1. The topological polar surface area (TPSA) is 173 Å². The summed E-state index contributed by atoms with van der Waals surface area (Å²) in [6, 6.07) is 7.28. The average Bonchev–Trinajstić information content (AvgIpc) is 3.29. The summed E-state index contributed by atoms with van der Waals surface area (Å²) in [6.45, 7) is 5.97. The van der Waals surface area contributed by atoms with Crippen LogP contribution in [0.25, 0.3) is 0 Å². The van der Waals surface area contributed by atoms with Gasteiger partial charge in [-0.05, 0) is 45.6 Å². The summed E-state index contributed by atoms with van der Waals surface area (Å²) in [6.07, 6.45) is 3.03. The fourth-order valence-corrected chi connectivity index (χ4v) is 5.50. The molecule has 38 heavy (non-hydrogen) atoms. The smallest absolute Gasteiger partial charge is 0.336 e. The molecule has 12 heteroatoms. The summed E-state index contributed by atoms with van der Waals surface area (Å²) in [7, 11) is 0. The van der Waals surface area contributed by atoms with Crippen molar-refractivity contribution in [3.05, 3.63) is 53.1 Å². The number of hydrogen-bond donors (Lipinski definition) is 5. The first-order valence-electron chi connectivity index (χ1n) is 12.4. The highest BCUT2D eigenvalue weighted by molar-refractivity contribution is 5.88. The number of aliphatic hydroxyl groups is 2. The van der Waals surface area contributed by atoms with Gasteiger partial charge < -0.3 is 25.5 Å². The molecule has 2 fully saturated rings. The molecule has 208 valence electrons. The number of nitrogens with zero attached hydrogens (tertiary/aromatic N) is 3. The Morgan fingerprint density at radius 1 is 1.08 bits per heavy atom. The van der Waals surface area contributed by atoms with Gasteiger partial charge in [0.05, 0.1) is 24.6 Å². The third kappa shape index (κ3) is 6.37. The summed E-state index contributed by atoms with van der Waals surface area (Å²) in [5, 5.41) is 49.5. The molecule has 2 atom stereocenters. The van der Waals surface area contributed by atoms with Crippen molar-refractivity contribution >= 4 is 17.9 Å². The minimum absolute atomic E-state index is 0.294. The normalized spacial score (nSPS) is 23.0. The minimum atomic E-state index is -2.74. The number of aryl methyl sites for hydroxylation is 1. The van der Waals surface area contributed by atoms with Crippen LogP contribution in [0, 0.1) is 12.7 Å². The first-order valence-corrected chi connectivity index (χ1v) is 12.4. The standard InChI is InChI=1S/C20H26FN3O.C6H8O7/c1-3-24-14(2)15(12-22-24)13-23-16-8-9-17(23)11-20(25,10-16)18-6-4-5-7-19(18)21;7-3(8)1-6(13,5(11)12)2-4(9)10/h4-7,12,16-17,25H,3,8-11,13H2,1-2H3;13H,1-2H2,(H,7,8)(H,9,10)(H,11,12). The van der Waals surface area contributed by atoms with E-state index < -0.39 is 42.0 Å². The van der Waals surface area contributed by atoms with E-state index in [-0.39, 0.29) is 5.82 Å². The number of hydrogen-bond acceptors (Lipinski definition) is 7. The lowest BCUT2D eigenvalue weighted by Crippen LogP contribution is -2.49. The van der Waals surface area contributed by atoms with Crippen molar-refractivity contribution in [2.45, 2.75) is 88.7 Å². The second kappa shape index (κ2) is 11.6. The zero-order valence-corrected chi connectivity index (χ0v) is 21.4. The maximum atomic E-state index is 14.2. The van der Waals surface area contributed by atoms with Crippen LogP contribution in [0.4, 0.5) is 4.39 Å². The van der Waals surface area contributed by atoms with Crippen molar-refractivity contribution in [3.8, 4) is 0 Å². The molecule has 4 rings (SSSR count). The molecule has 2 aliphatic rings. The fourth-order valence-electron chi connectivity index (χ4n) is 5.50. The van der Waals surface area contributed by atoms with Crippen LogP contribution in [0.5, 0.6) is 0 Å². The molecule has 1 aromatic heterocycles. The Bertz CT molecular complexity index is 1150. The highest BCUT2D eigenvalue weighted by atomic mass is 19.1. The van der Waals surface area contributed by atoms with E-state index in [0.29, 0.717) is 30.5 Å². The number of carbonyl (C=O) groups is 3. The van der Waals surface area contributed by atoms with E-state index in [4.69, 9.17) is 20.4 Å². The maximum absolute atomic E-state index is 14.2. The van der Waals surface area contributed by atoms with Gasteiger partial charge in [-0.3, -0.25) is 19.2 Å². The summed E-state index contributed by atoms with van der Waals surface area (Å²) < 4.78 is 16.3. The third-order valence-electron chi connectivity index (χ3n) is 7.44. The number of aliphatic carboxylic acids is 3. The van der Waals surface area contributed by atoms with Gasteiger partial charge in [-0.25, -0.2) is 9.18 Å². The molecule has 0 saturated carbocycles. The van der Waals surface area contributed by atoms with E-state index in [1.54, 1.807) is 12.1 Å². The first-order chi connectivity index (χ1) is 17.8. The lowest BCUT2D eigenvalue weighted by atomic mass is 9.80. The molecule has 11 nitrogen and oxygen atoms in total. The molecule has 0 amide bonds. The van der Waals surface area contributed by atoms with Gasteiger partial charge >= 0.3 is 17.9 Å². The lowest BCUT2D eigenvalue weighted by Gasteiger charge is -2.44. The van der Waals surface area contributed by atoms with Crippen LogP contribution in [-0.4, -0.2) is 75.8 Å². The van der Waals surface area contributed by atoms with E-state index in [9.17, 15) is 23.9 Å². The molecular weight excluding hydrogens is 501 g/mol. The molecular formula is C26H34FN3O8. The monoisotopic (exact) mass is 535 g/mol. The Labute approximate surface area is 219 Å². The van der Waals surface area contributed by atoms with Crippen LogP contribution in [0.1, 0.15) is 62.3 Å².